The minimum atomic E-state index is -1.84. The predicted octanol–water partition coefficient (Wildman–Crippen LogP) is 13.5. The average Bonchev–Trinajstić information content (AvgIpc) is 4.00. The van der Waals surface area contributed by atoms with Crippen molar-refractivity contribution in [1.29, 1.82) is 0 Å². The number of aliphatic hydroxyl groups is 1. The molecule has 1 aliphatic carbocycles. The van der Waals surface area contributed by atoms with Crippen molar-refractivity contribution < 1.29 is 33.0 Å². The zero-order chi connectivity index (χ0) is 48.0. The zero-order valence-electron chi connectivity index (χ0n) is 41.2. The van der Waals surface area contributed by atoms with Crippen LogP contribution in [0, 0.1) is 35.5 Å². The Labute approximate surface area is 391 Å². The van der Waals surface area contributed by atoms with Crippen molar-refractivity contribution in [1.82, 2.24) is 5.32 Å². The number of hydrogen-bond donors (Lipinski definition) is 2. The number of carbonyl (C=O) groups is 2. The minimum absolute atomic E-state index is 0.0980. The normalized spacial score (nSPS) is 22.4. The van der Waals surface area contributed by atoms with E-state index in [0.29, 0.717) is 86.5 Å². The maximum atomic E-state index is 14.0. The number of carbonyl (C=O) groups excluding carboxylic acids is 2. The third-order valence-corrected chi connectivity index (χ3v) is 14.4. The van der Waals surface area contributed by atoms with Crippen LogP contribution in [0.1, 0.15) is 146 Å². The van der Waals surface area contributed by atoms with Crippen LogP contribution in [0.3, 0.4) is 0 Å². The van der Waals surface area contributed by atoms with Crippen LogP contribution < -0.4 is 5.32 Å². The number of fused-ring (bicyclic) bond motifs is 5. The third kappa shape index (κ3) is 11.3. The van der Waals surface area contributed by atoms with Crippen molar-refractivity contribution in [2.45, 2.75) is 146 Å². The molecule has 5 aliphatic heterocycles. The lowest BCUT2D eigenvalue weighted by molar-refractivity contribution is -0.144. The molecule has 0 radical (unpaired) electrons. The van der Waals surface area contributed by atoms with Gasteiger partial charge in [-0.1, -0.05) is 92.1 Å². The fourth-order valence-corrected chi connectivity index (χ4v) is 10.2. The minimum Gasteiger partial charge on any atom is -0.510 e. The number of methoxy groups -OCH3 is 1. The Bertz CT molecular complexity index is 2390. The summed E-state index contributed by atoms with van der Waals surface area (Å²) in [6.45, 7) is 21.3. The Hall–Kier alpha value is -5.19. The van der Waals surface area contributed by atoms with Gasteiger partial charge in [0, 0.05) is 52.4 Å². The van der Waals surface area contributed by atoms with Crippen LogP contribution >= 0.6 is 0 Å². The average molecular weight is 907 g/mol. The summed E-state index contributed by atoms with van der Waals surface area (Å²) in [5, 5.41) is 15.5. The molecule has 11 heteroatoms. The van der Waals surface area contributed by atoms with Crippen LogP contribution in [-0.4, -0.2) is 47.9 Å². The number of hydrogen-bond acceptors (Lipinski definition) is 9. The lowest BCUT2D eigenvalue weighted by Gasteiger charge is -2.20. The number of aliphatic hydroxyl groups excluding tert-OH is 1. The van der Waals surface area contributed by atoms with E-state index in [0.717, 1.165) is 47.6 Å². The van der Waals surface area contributed by atoms with Crippen molar-refractivity contribution in [2.75, 3.05) is 13.7 Å². The maximum absolute atomic E-state index is 14.0. The van der Waals surface area contributed by atoms with Gasteiger partial charge in [0.2, 0.25) is 0 Å². The van der Waals surface area contributed by atoms with Crippen molar-refractivity contribution in [3.05, 3.63) is 115 Å². The molecule has 9 nitrogen and oxygen atoms in total. The van der Waals surface area contributed by atoms with Gasteiger partial charge < -0.3 is 19.9 Å². The molecule has 356 valence electrons. The first-order valence-corrected chi connectivity index (χ1v) is 24.3. The number of halogens is 2. The number of rotatable bonds is 20. The summed E-state index contributed by atoms with van der Waals surface area (Å²) < 4.78 is 39.1. The largest absolute Gasteiger partial charge is 0.510 e. The molecule has 0 unspecified atom stereocenters. The van der Waals surface area contributed by atoms with Crippen LogP contribution in [0.4, 0.5) is 8.78 Å². The van der Waals surface area contributed by atoms with E-state index in [1.807, 2.05) is 45.9 Å². The van der Waals surface area contributed by atoms with Gasteiger partial charge in [-0.05, 0) is 118 Å². The highest BCUT2D eigenvalue weighted by Crippen LogP contribution is 2.49. The predicted molar refractivity (Wildman–Crippen MR) is 262 cm³/mol. The quantitative estimate of drug-likeness (QED) is 0.0927. The topological polar surface area (TPSA) is 122 Å². The smallest absolute Gasteiger partial charge is 0.321 e. The second kappa shape index (κ2) is 22.1. The zero-order valence-corrected chi connectivity index (χ0v) is 41.2. The molecule has 8 bridgehead atoms. The molecule has 0 spiro atoms. The van der Waals surface area contributed by atoms with E-state index in [1.54, 1.807) is 13.0 Å². The van der Waals surface area contributed by atoms with Gasteiger partial charge in [0.15, 0.2) is 0 Å². The second-order valence-corrected chi connectivity index (χ2v) is 19.7. The molecule has 0 aromatic rings. The fourth-order valence-electron chi connectivity index (χ4n) is 10.2. The molecule has 2 N–H and O–H groups in total. The molecule has 1 fully saturated rings. The van der Waals surface area contributed by atoms with E-state index in [9.17, 15) is 23.5 Å². The standard InChI is InChI=1S/C55H72F2N4O5/c1-12-38-34(7)42-28-46-40(26-47(56)57)36(9)41(59-46)27-43-35(8)39(52(60-43)50-51(55(64)65-11)54(63)49-37(10)44(61-53(49)50)29-45(38)58-42)22-23-48(62)66-25-24-33(6)21-15-20-32(5)19-14-18-31(4)17-13-16-30(2)3/h24,26-32,35,39,51,60,63H,12-23,25H2,1-11H3/b33-24+,43-27?,45-29?,46-28?,52-50?/t31-,32-,35+,39+,51-/m1/s1. The molecule has 6 rings (SSSR count). The number of esters is 2. The Morgan fingerprint density at radius 3 is 2.17 bits per heavy atom. The molecule has 0 amide bonds. The molecular weight excluding hydrogens is 835 g/mol. The van der Waals surface area contributed by atoms with Gasteiger partial charge in [-0.3, -0.25) is 9.59 Å². The van der Waals surface area contributed by atoms with Gasteiger partial charge in [-0.2, -0.15) is 8.78 Å². The lowest BCUT2D eigenvalue weighted by Crippen LogP contribution is -2.25. The summed E-state index contributed by atoms with van der Waals surface area (Å²) in [6, 6.07) is 0. The van der Waals surface area contributed by atoms with Crippen molar-refractivity contribution in [2.24, 2.45) is 50.5 Å². The SMILES string of the molecule is CCC1=C(C)C2=NC1=CC1=C(C)C3=C(O)[C@H](C(=O)OC)C(=C4NC(=CC5=NC(=C2)C(C=C(F)F)=C5C)[C@@H](C)[C@@H]4CCC(=O)OC/C=C(\C)CCC[C@H](C)CCC[C@H](C)CCCC(C)C)C3=N1. The van der Waals surface area contributed by atoms with E-state index < -0.39 is 18.0 Å². The number of allylic oxidation sites excluding steroid dienone is 12. The molecule has 6 aliphatic rings. The Kier molecular flexibility index (Phi) is 16.8. The third-order valence-electron chi connectivity index (χ3n) is 14.4. The van der Waals surface area contributed by atoms with Gasteiger partial charge in [-0.25, -0.2) is 15.0 Å². The molecular formula is C55H72F2N4O5. The van der Waals surface area contributed by atoms with E-state index in [4.69, 9.17) is 24.5 Å². The van der Waals surface area contributed by atoms with Crippen LogP contribution in [0.15, 0.2) is 130 Å². The second-order valence-electron chi connectivity index (χ2n) is 19.7. The van der Waals surface area contributed by atoms with Crippen LogP contribution in [0.5, 0.6) is 0 Å². The number of nitrogens with one attached hydrogen (secondary N) is 1. The molecule has 5 heterocycles. The molecule has 66 heavy (non-hydrogen) atoms. The highest BCUT2D eigenvalue weighted by atomic mass is 19.3. The molecule has 0 aromatic carbocycles. The van der Waals surface area contributed by atoms with E-state index in [1.165, 1.54) is 57.6 Å². The first-order chi connectivity index (χ1) is 31.4. The summed E-state index contributed by atoms with van der Waals surface area (Å²) in [5.41, 5.74) is 10.1. The summed E-state index contributed by atoms with van der Waals surface area (Å²) >= 11 is 0. The van der Waals surface area contributed by atoms with E-state index in [-0.39, 0.29) is 36.6 Å². The molecule has 0 saturated carbocycles. The molecule has 5 atom stereocenters. The van der Waals surface area contributed by atoms with E-state index in [2.05, 4.69) is 39.9 Å². The lowest BCUT2D eigenvalue weighted by atomic mass is 9.84. The van der Waals surface area contributed by atoms with Gasteiger partial charge >= 0.3 is 11.9 Å². The fraction of sp³-hybridized carbons (Fsp3) is 0.545. The van der Waals surface area contributed by atoms with Gasteiger partial charge in [0.1, 0.15) is 18.3 Å². The summed E-state index contributed by atoms with van der Waals surface area (Å²) in [5.74, 6) is -0.618. The van der Waals surface area contributed by atoms with E-state index >= 15 is 0 Å². The Morgan fingerprint density at radius 2 is 1.52 bits per heavy atom. The molecule has 1 saturated heterocycles. The Balaban J connectivity index is 1.22. The van der Waals surface area contributed by atoms with Crippen LogP contribution in [0.2, 0.25) is 0 Å². The monoisotopic (exact) mass is 907 g/mol. The van der Waals surface area contributed by atoms with Crippen molar-refractivity contribution in [3.8, 4) is 0 Å². The van der Waals surface area contributed by atoms with Gasteiger partial charge in [-0.15, -0.1) is 0 Å². The number of ether oxygens (including phenoxy) is 2. The van der Waals surface area contributed by atoms with Crippen LogP contribution in [-0.2, 0) is 19.1 Å². The summed E-state index contributed by atoms with van der Waals surface area (Å²) in [6.07, 6.45) is 18.7. The van der Waals surface area contributed by atoms with Crippen LogP contribution in [0.25, 0.3) is 0 Å². The van der Waals surface area contributed by atoms with Gasteiger partial charge in [0.25, 0.3) is 6.08 Å². The summed E-state index contributed by atoms with van der Waals surface area (Å²) in [4.78, 5) is 42.0. The maximum Gasteiger partial charge on any atom is 0.321 e. The number of aliphatic imine (C=N–C) groups is 3. The van der Waals surface area contributed by atoms with Crippen molar-refractivity contribution >= 4 is 29.1 Å². The first kappa shape index (κ1) is 50.2. The first-order valence-electron chi connectivity index (χ1n) is 24.3. The summed E-state index contributed by atoms with van der Waals surface area (Å²) in [7, 11) is 1.29. The highest BCUT2D eigenvalue weighted by molar-refractivity contribution is 6.24. The highest BCUT2D eigenvalue weighted by Gasteiger charge is 2.49. The van der Waals surface area contributed by atoms with Gasteiger partial charge in [0.05, 0.1) is 41.3 Å². The Morgan fingerprint density at radius 1 is 0.864 bits per heavy atom. The van der Waals surface area contributed by atoms with Crippen molar-refractivity contribution in [3.63, 3.8) is 0 Å². The number of nitrogens with zero attached hydrogens (tertiary/aromatic N) is 3. The molecule has 0 aromatic heterocycles.